The quantitative estimate of drug-likeness (QED) is 0.444. The molecule has 158 valence electrons. The molecule has 0 bridgehead atoms. The van der Waals surface area contributed by atoms with Gasteiger partial charge in [0.05, 0.1) is 18.7 Å². The lowest BCUT2D eigenvalue weighted by molar-refractivity contribution is 0.168. The summed E-state index contributed by atoms with van der Waals surface area (Å²) in [6.07, 6.45) is -0.0679. The summed E-state index contributed by atoms with van der Waals surface area (Å²) in [7, 11) is 3.53. The highest BCUT2D eigenvalue weighted by Crippen LogP contribution is 2.24. The van der Waals surface area contributed by atoms with Crippen molar-refractivity contribution in [2.45, 2.75) is 25.5 Å². The summed E-state index contributed by atoms with van der Waals surface area (Å²) in [4.78, 5) is 6.24. The number of benzene rings is 2. The van der Waals surface area contributed by atoms with E-state index in [0.29, 0.717) is 25.5 Å². The Kier molecular flexibility index (Phi) is 9.02. The van der Waals surface area contributed by atoms with Crippen molar-refractivity contribution >= 4 is 5.96 Å². The number of hydrogen-bond donors (Lipinski definition) is 3. The van der Waals surface area contributed by atoms with Crippen LogP contribution in [0.5, 0.6) is 0 Å². The Bertz CT molecular complexity index is 763. The predicted octanol–water partition coefficient (Wildman–Crippen LogP) is 3.25. The van der Waals surface area contributed by atoms with Gasteiger partial charge in [0.2, 0.25) is 0 Å². The van der Waals surface area contributed by atoms with Gasteiger partial charge in [-0.25, -0.2) is 8.78 Å². The van der Waals surface area contributed by atoms with Gasteiger partial charge in [-0.1, -0.05) is 36.4 Å². The van der Waals surface area contributed by atoms with Crippen LogP contribution in [0, 0.1) is 11.6 Å². The monoisotopic (exact) mass is 404 g/mol. The second-order valence-electron chi connectivity index (χ2n) is 6.98. The van der Waals surface area contributed by atoms with E-state index >= 15 is 0 Å². The number of nitrogens with one attached hydrogen (secondary N) is 2. The van der Waals surface area contributed by atoms with Crippen molar-refractivity contribution in [3.05, 3.63) is 71.3 Å². The smallest absolute Gasteiger partial charge is 0.191 e. The average molecular weight is 405 g/mol. The van der Waals surface area contributed by atoms with Crippen molar-refractivity contribution in [3.8, 4) is 0 Å². The van der Waals surface area contributed by atoms with Gasteiger partial charge in [0.25, 0.3) is 0 Å². The zero-order valence-electron chi connectivity index (χ0n) is 17.2. The van der Waals surface area contributed by atoms with Crippen LogP contribution in [-0.4, -0.2) is 49.7 Å². The van der Waals surface area contributed by atoms with E-state index in [1.54, 1.807) is 19.0 Å². The second-order valence-corrected chi connectivity index (χ2v) is 6.98. The van der Waals surface area contributed by atoms with Crippen LogP contribution in [0.25, 0.3) is 0 Å². The summed E-state index contributed by atoms with van der Waals surface area (Å²) in [5.74, 6) is -0.623. The summed E-state index contributed by atoms with van der Waals surface area (Å²) >= 11 is 0. The largest absolute Gasteiger partial charge is 0.388 e. The van der Waals surface area contributed by atoms with Crippen LogP contribution in [0.15, 0.2) is 53.5 Å². The van der Waals surface area contributed by atoms with E-state index in [1.165, 1.54) is 18.2 Å². The summed E-state index contributed by atoms with van der Waals surface area (Å²) in [5.41, 5.74) is 0.871. The Morgan fingerprint density at radius 3 is 2.28 bits per heavy atom. The Morgan fingerprint density at radius 1 is 1.03 bits per heavy atom. The summed E-state index contributed by atoms with van der Waals surface area (Å²) < 4.78 is 28.4. The molecule has 29 heavy (non-hydrogen) atoms. The molecule has 5 nitrogen and oxygen atoms in total. The molecule has 2 aromatic carbocycles. The number of aliphatic hydroxyl groups is 1. The number of aliphatic imine (C=N–C) groups is 1. The van der Waals surface area contributed by atoms with E-state index in [1.807, 2.05) is 37.3 Å². The Hall–Kier alpha value is -2.51. The number of aliphatic hydroxyl groups excluding tert-OH is 1. The molecule has 0 fully saturated rings. The minimum absolute atomic E-state index is 0.0107. The fourth-order valence-corrected chi connectivity index (χ4v) is 3.03. The standard InChI is InChI=1S/C22H30F2N4O/c1-4-25-22(26-14-13-20(29)16-9-6-5-7-10-16)27-15-19(28(2)3)21-17(23)11-8-12-18(21)24/h5-12,19-20,29H,4,13-15H2,1-3H3,(H2,25,26,27). The van der Waals surface area contributed by atoms with Crippen LogP contribution in [-0.2, 0) is 0 Å². The van der Waals surface area contributed by atoms with Gasteiger partial charge in [0.15, 0.2) is 5.96 Å². The van der Waals surface area contributed by atoms with Gasteiger partial charge >= 0.3 is 0 Å². The fourth-order valence-electron chi connectivity index (χ4n) is 3.03. The molecule has 0 aromatic heterocycles. The molecule has 2 unspecified atom stereocenters. The predicted molar refractivity (Wildman–Crippen MR) is 113 cm³/mol. The normalized spacial score (nSPS) is 14.0. The third kappa shape index (κ3) is 6.80. The topological polar surface area (TPSA) is 59.9 Å². The van der Waals surface area contributed by atoms with Gasteiger partial charge in [-0.3, -0.25) is 4.99 Å². The molecule has 2 aromatic rings. The molecule has 0 spiro atoms. The number of nitrogens with zero attached hydrogens (tertiary/aromatic N) is 2. The molecule has 0 radical (unpaired) electrons. The van der Waals surface area contributed by atoms with Gasteiger partial charge in [0.1, 0.15) is 11.6 Å². The molecule has 0 amide bonds. The maximum Gasteiger partial charge on any atom is 0.191 e. The molecule has 0 aliphatic carbocycles. The van der Waals surface area contributed by atoms with E-state index in [2.05, 4.69) is 15.6 Å². The number of guanidine groups is 1. The van der Waals surface area contributed by atoms with Crippen LogP contribution in [0.4, 0.5) is 8.78 Å². The maximum absolute atomic E-state index is 14.2. The maximum atomic E-state index is 14.2. The molecule has 0 aliphatic rings. The highest BCUT2D eigenvalue weighted by molar-refractivity contribution is 5.79. The molecule has 0 aliphatic heterocycles. The lowest BCUT2D eigenvalue weighted by Crippen LogP contribution is -2.39. The van der Waals surface area contributed by atoms with Gasteiger partial charge in [-0.2, -0.15) is 0 Å². The highest BCUT2D eigenvalue weighted by Gasteiger charge is 2.22. The van der Waals surface area contributed by atoms with E-state index < -0.39 is 23.8 Å². The number of halogens is 2. The number of rotatable bonds is 9. The minimum atomic E-state index is -0.581. The number of likely N-dealkylation sites (N-methyl/N-ethyl adjacent to an activating group) is 1. The van der Waals surface area contributed by atoms with Crippen LogP contribution >= 0.6 is 0 Å². The first-order valence-corrected chi connectivity index (χ1v) is 9.79. The van der Waals surface area contributed by atoms with Gasteiger partial charge in [-0.05, 0) is 45.1 Å². The number of hydrogen-bond acceptors (Lipinski definition) is 3. The van der Waals surface area contributed by atoms with Crippen molar-refractivity contribution < 1.29 is 13.9 Å². The summed E-state index contributed by atoms with van der Waals surface area (Å²) in [6, 6.07) is 12.8. The van der Waals surface area contributed by atoms with Crippen LogP contribution in [0.1, 0.15) is 36.6 Å². The highest BCUT2D eigenvalue weighted by atomic mass is 19.1. The molecular weight excluding hydrogens is 374 g/mol. The SMILES string of the molecule is CCNC(=NCC(c1c(F)cccc1F)N(C)C)NCCC(O)c1ccccc1. The van der Waals surface area contributed by atoms with E-state index in [-0.39, 0.29) is 12.1 Å². The van der Waals surface area contributed by atoms with Gasteiger partial charge in [0, 0.05) is 18.7 Å². The third-order valence-corrected chi connectivity index (χ3v) is 4.62. The molecule has 0 saturated heterocycles. The molecular formula is C22H30F2N4O. The minimum Gasteiger partial charge on any atom is -0.388 e. The van der Waals surface area contributed by atoms with E-state index in [0.717, 1.165) is 5.56 Å². The lowest BCUT2D eigenvalue weighted by atomic mass is 10.0. The molecule has 0 saturated carbocycles. The molecule has 0 heterocycles. The van der Waals surface area contributed by atoms with Crippen molar-refractivity contribution in [2.24, 2.45) is 4.99 Å². The zero-order chi connectivity index (χ0) is 21.2. The molecule has 7 heteroatoms. The van der Waals surface area contributed by atoms with Crippen LogP contribution < -0.4 is 10.6 Å². The van der Waals surface area contributed by atoms with Crippen LogP contribution in [0.2, 0.25) is 0 Å². The fraction of sp³-hybridized carbons (Fsp3) is 0.409. The Labute approximate surface area is 171 Å². The van der Waals surface area contributed by atoms with E-state index in [4.69, 9.17) is 0 Å². The van der Waals surface area contributed by atoms with Crippen molar-refractivity contribution in [2.75, 3.05) is 33.7 Å². The van der Waals surface area contributed by atoms with Crippen molar-refractivity contribution in [3.63, 3.8) is 0 Å². The lowest BCUT2D eigenvalue weighted by Gasteiger charge is -2.24. The first kappa shape index (κ1) is 22.8. The summed E-state index contributed by atoms with van der Waals surface area (Å²) in [6.45, 7) is 3.27. The first-order chi connectivity index (χ1) is 13.9. The molecule has 3 N–H and O–H groups in total. The van der Waals surface area contributed by atoms with Gasteiger partial charge in [-0.15, -0.1) is 0 Å². The average Bonchev–Trinajstić information content (AvgIpc) is 2.70. The first-order valence-electron chi connectivity index (χ1n) is 9.79. The van der Waals surface area contributed by atoms with Gasteiger partial charge < -0.3 is 20.6 Å². The molecule has 2 atom stereocenters. The van der Waals surface area contributed by atoms with Crippen molar-refractivity contribution in [1.29, 1.82) is 0 Å². The Balaban J connectivity index is 2.02. The molecule has 2 rings (SSSR count). The summed E-state index contributed by atoms with van der Waals surface area (Å²) in [5, 5.41) is 16.6. The second kappa shape index (κ2) is 11.5. The van der Waals surface area contributed by atoms with Crippen molar-refractivity contribution in [1.82, 2.24) is 15.5 Å². The zero-order valence-corrected chi connectivity index (χ0v) is 17.2. The van der Waals surface area contributed by atoms with Crippen LogP contribution in [0.3, 0.4) is 0 Å². The Morgan fingerprint density at radius 2 is 1.69 bits per heavy atom. The third-order valence-electron chi connectivity index (χ3n) is 4.62. The van der Waals surface area contributed by atoms with E-state index in [9.17, 15) is 13.9 Å².